The maximum Gasteiger partial charge on any atom is 0.344 e. The summed E-state index contributed by atoms with van der Waals surface area (Å²) in [4.78, 5) is 11.7. The molecule has 0 atom stereocenters. The van der Waals surface area contributed by atoms with Gasteiger partial charge in [-0.25, -0.2) is 4.79 Å². The first-order chi connectivity index (χ1) is 12.7. The molecule has 0 fully saturated rings. The molecule has 0 aliphatic rings. The molecule has 0 aromatic heterocycles. The number of esters is 1. The Morgan fingerprint density at radius 3 is 2.50 bits per heavy atom. The molecule has 0 heterocycles. The number of rotatable bonds is 9. The summed E-state index contributed by atoms with van der Waals surface area (Å²) >= 11 is 0. The summed E-state index contributed by atoms with van der Waals surface area (Å²) in [5.41, 5.74) is 7.22. The Labute approximate surface area is 155 Å². The zero-order valence-electron chi connectivity index (χ0n) is 15.7. The molecular formula is C20H28N2O4. The van der Waals surface area contributed by atoms with Crippen LogP contribution in [-0.2, 0) is 16.1 Å². The van der Waals surface area contributed by atoms with Crippen molar-refractivity contribution in [2.75, 3.05) is 32.1 Å². The highest BCUT2D eigenvalue weighted by Crippen LogP contribution is 2.29. The fourth-order valence-corrected chi connectivity index (χ4v) is 2.04. The summed E-state index contributed by atoms with van der Waals surface area (Å²) in [7, 11) is 1.57. The lowest BCUT2D eigenvalue weighted by atomic mass is 10.2. The predicted molar refractivity (Wildman–Crippen MR) is 104 cm³/mol. The first-order valence-electron chi connectivity index (χ1n) is 8.67. The molecule has 142 valence electrons. The zero-order valence-corrected chi connectivity index (χ0v) is 15.7. The standard InChI is InChI=1S/C18H22N2O4.C2H6/c1-22-17-11-15(7-8-16(17)20-10-9-19)23-13-18(21)24-12-14-5-3-2-4-6-14;1-2/h2-8,11,20H,9-10,12-13,19H2,1H3;1-2H3. The van der Waals surface area contributed by atoms with Crippen molar-refractivity contribution in [3.05, 3.63) is 54.1 Å². The van der Waals surface area contributed by atoms with E-state index in [4.69, 9.17) is 19.9 Å². The Balaban J connectivity index is 0.00000163. The molecule has 3 N–H and O–H groups in total. The lowest BCUT2D eigenvalue weighted by molar-refractivity contribution is -0.147. The van der Waals surface area contributed by atoms with Gasteiger partial charge in [0.1, 0.15) is 18.1 Å². The summed E-state index contributed by atoms with van der Waals surface area (Å²) in [5.74, 6) is 0.726. The minimum absolute atomic E-state index is 0.161. The fourth-order valence-electron chi connectivity index (χ4n) is 2.04. The van der Waals surface area contributed by atoms with Crippen LogP contribution in [0.25, 0.3) is 0 Å². The normalized spacial score (nSPS) is 9.54. The van der Waals surface area contributed by atoms with Gasteiger partial charge in [-0.3, -0.25) is 0 Å². The van der Waals surface area contributed by atoms with E-state index in [1.807, 2.05) is 50.2 Å². The lowest BCUT2D eigenvalue weighted by Gasteiger charge is -2.13. The molecule has 2 aromatic carbocycles. The van der Waals surface area contributed by atoms with Crippen LogP contribution in [0.5, 0.6) is 11.5 Å². The maximum atomic E-state index is 11.7. The van der Waals surface area contributed by atoms with Crippen molar-refractivity contribution in [3.8, 4) is 11.5 Å². The highest BCUT2D eigenvalue weighted by atomic mass is 16.6. The van der Waals surface area contributed by atoms with Gasteiger partial charge in [0.15, 0.2) is 6.61 Å². The van der Waals surface area contributed by atoms with E-state index >= 15 is 0 Å². The van der Waals surface area contributed by atoms with E-state index < -0.39 is 5.97 Å². The van der Waals surface area contributed by atoms with Crippen molar-refractivity contribution in [2.45, 2.75) is 20.5 Å². The molecule has 0 bridgehead atoms. The van der Waals surface area contributed by atoms with Gasteiger partial charge < -0.3 is 25.3 Å². The molecule has 0 saturated carbocycles. The maximum absolute atomic E-state index is 11.7. The predicted octanol–water partition coefficient (Wildman–Crippen LogP) is 3.21. The Hall–Kier alpha value is -2.73. The minimum Gasteiger partial charge on any atom is -0.494 e. The largest absolute Gasteiger partial charge is 0.494 e. The van der Waals surface area contributed by atoms with Crippen molar-refractivity contribution in [1.29, 1.82) is 0 Å². The van der Waals surface area contributed by atoms with Crippen LogP contribution in [0.3, 0.4) is 0 Å². The molecule has 0 aliphatic heterocycles. The number of nitrogens with one attached hydrogen (secondary N) is 1. The van der Waals surface area contributed by atoms with Crippen LogP contribution < -0.4 is 20.5 Å². The molecule has 2 rings (SSSR count). The second kappa shape index (κ2) is 12.6. The van der Waals surface area contributed by atoms with Gasteiger partial charge >= 0.3 is 5.97 Å². The van der Waals surface area contributed by atoms with E-state index in [1.54, 1.807) is 19.2 Å². The smallest absolute Gasteiger partial charge is 0.344 e. The van der Waals surface area contributed by atoms with Gasteiger partial charge in [-0.05, 0) is 17.7 Å². The molecule has 0 amide bonds. The van der Waals surface area contributed by atoms with Gasteiger partial charge in [0, 0.05) is 19.2 Å². The average molecular weight is 360 g/mol. The van der Waals surface area contributed by atoms with Gasteiger partial charge in [0.25, 0.3) is 0 Å². The first-order valence-corrected chi connectivity index (χ1v) is 8.67. The van der Waals surface area contributed by atoms with E-state index in [2.05, 4.69) is 5.32 Å². The van der Waals surface area contributed by atoms with Gasteiger partial charge in [0.2, 0.25) is 0 Å². The van der Waals surface area contributed by atoms with Crippen molar-refractivity contribution < 1.29 is 19.0 Å². The molecule has 26 heavy (non-hydrogen) atoms. The number of hydrogen-bond acceptors (Lipinski definition) is 6. The van der Waals surface area contributed by atoms with Crippen LogP contribution in [0.15, 0.2) is 48.5 Å². The van der Waals surface area contributed by atoms with Crippen LogP contribution >= 0.6 is 0 Å². The average Bonchev–Trinajstić information content (AvgIpc) is 2.71. The monoisotopic (exact) mass is 360 g/mol. The number of carbonyl (C=O) groups is 1. The number of benzene rings is 2. The van der Waals surface area contributed by atoms with Gasteiger partial charge in [-0.15, -0.1) is 0 Å². The Bertz CT molecular complexity index is 648. The van der Waals surface area contributed by atoms with Crippen LogP contribution in [-0.4, -0.2) is 32.8 Å². The van der Waals surface area contributed by atoms with Crippen molar-refractivity contribution >= 4 is 11.7 Å². The quantitative estimate of drug-likeness (QED) is 0.668. The van der Waals surface area contributed by atoms with Crippen molar-refractivity contribution in [3.63, 3.8) is 0 Å². The Kier molecular flexibility index (Phi) is 10.3. The van der Waals surface area contributed by atoms with Gasteiger partial charge in [-0.1, -0.05) is 44.2 Å². The van der Waals surface area contributed by atoms with Crippen LogP contribution in [0.4, 0.5) is 5.69 Å². The van der Waals surface area contributed by atoms with Crippen LogP contribution in [0.1, 0.15) is 19.4 Å². The summed E-state index contributed by atoms with van der Waals surface area (Å²) < 4.78 is 15.9. The van der Waals surface area contributed by atoms with E-state index in [0.29, 0.717) is 24.6 Å². The molecule has 6 nitrogen and oxygen atoms in total. The number of anilines is 1. The molecular weight excluding hydrogens is 332 g/mol. The highest BCUT2D eigenvalue weighted by Gasteiger charge is 2.08. The number of hydrogen-bond donors (Lipinski definition) is 2. The molecule has 0 aliphatic carbocycles. The zero-order chi connectivity index (χ0) is 19.2. The highest BCUT2D eigenvalue weighted by molar-refractivity contribution is 5.71. The molecule has 0 saturated heterocycles. The first kappa shape index (κ1) is 21.3. The van der Waals surface area contributed by atoms with Crippen LogP contribution in [0, 0.1) is 0 Å². The third-order valence-corrected chi connectivity index (χ3v) is 3.23. The van der Waals surface area contributed by atoms with E-state index in [-0.39, 0.29) is 13.2 Å². The SMILES string of the molecule is CC.COc1cc(OCC(=O)OCc2ccccc2)ccc1NCCN. The number of carbonyl (C=O) groups excluding carboxylic acids is 1. The second-order valence-electron chi connectivity index (χ2n) is 5.01. The third kappa shape index (κ3) is 7.44. The van der Waals surface area contributed by atoms with E-state index in [1.165, 1.54) is 0 Å². The number of nitrogens with two attached hydrogens (primary N) is 1. The molecule has 2 aromatic rings. The molecule has 6 heteroatoms. The third-order valence-electron chi connectivity index (χ3n) is 3.23. The molecule has 0 radical (unpaired) electrons. The molecule has 0 unspecified atom stereocenters. The second-order valence-corrected chi connectivity index (χ2v) is 5.01. The number of ether oxygens (including phenoxy) is 3. The Morgan fingerprint density at radius 1 is 1.12 bits per heavy atom. The van der Waals surface area contributed by atoms with Gasteiger partial charge in [0.05, 0.1) is 12.8 Å². The number of methoxy groups -OCH3 is 1. The Morgan fingerprint density at radius 2 is 1.85 bits per heavy atom. The van der Waals surface area contributed by atoms with Crippen molar-refractivity contribution in [1.82, 2.24) is 0 Å². The van der Waals surface area contributed by atoms with Crippen molar-refractivity contribution in [2.24, 2.45) is 5.73 Å². The van der Waals surface area contributed by atoms with E-state index in [9.17, 15) is 4.79 Å². The minimum atomic E-state index is -0.428. The summed E-state index contributed by atoms with van der Waals surface area (Å²) in [6.07, 6.45) is 0. The lowest BCUT2D eigenvalue weighted by Crippen LogP contribution is -2.15. The summed E-state index contributed by atoms with van der Waals surface area (Å²) in [6, 6.07) is 14.8. The molecule has 0 spiro atoms. The van der Waals surface area contributed by atoms with Gasteiger partial charge in [-0.2, -0.15) is 0 Å². The topological polar surface area (TPSA) is 82.8 Å². The van der Waals surface area contributed by atoms with E-state index in [0.717, 1.165) is 11.3 Å². The fraction of sp³-hybridized carbons (Fsp3) is 0.350. The summed E-state index contributed by atoms with van der Waals surface area (Å²) in [6.45, 7) is 5.23. The summed E-state index contributed by atoms with van der Waals surface area (Å²) in [5, 5.41) is 3.15. The van der Waals surface area contributed by atoms with Crippen LogP contribution in [0.2, 0.25) is 0 Å².